The van der Waals surface area contributed by atoms with E-state index in [2.05, 4.69) is 12.2 Å². The molecule has 1 aromatic carbocycles. The van der Waals surface area contributed by atoms with Crippen molar-refractivity contribution in [3.05, 3.63) is 33.9 Å². The third-order valence-electron chi connectivity index (χ3n) is 3.67. The molecule has 1 aliphatic rings. The Morgan fingerprint density at radius 2 is 2.20 bits per heavy atom. The fourth-order valence-corrected chi connectivity index (χ4v) is 2.59. The fraction of sp³-hybridized carbons (Fsp3) is 0.500. The number of nitrogens with zero attached hydrogens (tertiary/aromatic N) is 1. The van der Waals surface area contributed by atoms with Crippen molar-refractivity contribution in [1.29, 1.82) is 0 Å². The molecule has 108 valence electrons. The Kier molecular flexibility index (Phi) is 4.22. The summed E-state index contributed by atoms with van der Waals surface area (Å²) in [6.45, 7) is 2.15. The average Bonchev–Trinajstić information content (AvgIpc) is 2.83. The molecule has 2 unspecified atom stereocenters. The summed E-state index contributed by atoms with van der Waals surface area (Å²) in [7, 11) is 1.44. The molecule has 0 saturated heterocycles. The van der Waals surface area contributed by atoms with Crippen molar-refractivity contribution in [2.45, 2.75) is 32.2 Å². The lowest BCUT2D eigenvalue weighted by Crippen LogP contribution is -2.33. The largest absolute Gasteiger partial charge is 0.496 e. The Bertz CT molecular complexity index is 530. The van der Waals surface area contributed by atoms with Gasteiger partial charge >= 0.3 is 0 Å². The lowest BCUT2D eigenvalue weighted by molar-refractivity contribution is -0.384. The highest BCUT2D eigenvalue weighted by Gasteiger charge is 2.25. The number of nitro groups is 1. The Labute approximate surface area is 117 Å². The quantitative estimate of drug-likeness (QED) is 0.677. The average molecular weight is 278 g/mol. The summed E-state index contributed by atoms with van der Waals surface area (Å²) in [5.41, 5.74) is 0.0944. The Balaban J connectivity index is 2.19. The number of hydrogen-bond acceptors (Lipinski definition) is 4. The number of carbonyl (C=O) groups excluding carboxylic acids is 1. The standard InChI is InChI=1S/C14H18N2O4/c1-9-3-4-10(7-9)15-14(17)12-8-11(16(18)19)5-6-13(12)20-2/h5-6,8-10H,3-4,7H2,1-2H3,(H,15,17). The van der Waals surface area contributed by atoms with Gasteiger partial charge in [0.15, 0.2) is 0 Å². The normalized spacial score (nSPS) is 21.5. The molecule has 1 N–H and O–H groups in total. The monoisotopic (exact) mass is 278 g/mol. The number of amides is 1. The molecule has 0 spiro atoms. The number of benzene rings is 1. The SMILES string of the molecule is COc1ccc([N+](=O)[O-])cc1C(=O)NC1CCC(C)C1. The van der Waals surface area contributed by atoms with E-state index in [-0.39, 0.29) is 23.2 Å². The molecule has 0 aliphatic heterocycles. The van der Waals surface area contributed by atoms with Crippen LogP contribution in [0.15, 0.2) is 18.2 Å². The fourth-order valence-electron chi connectivity index (χ4n) is 2.59. The summed E-state index contributed by atoms with van der Waals surface area (Å²) >= 11 is 0. The number of carbonyl (C=O) groups is 1. The predicted molar refractivity (Wildman–Crippen MR) is 73.9 cm³/mol. The van der Waals surface area contributed by atoms with Crippen LogP contribution in [-0.2, 0) is 0 Å². The van der Waals surface area contributed by atoms with Gasteiger partial charge in [-0.3, -0.25) is 14.9 Å². The topological polar surface area (TPSA) is 81.5 Å². The lowest BCUT2D eigenvalue weighted by atomic mass is 10.1. The van der Waals surface area contributed by atoms with Crippen LogP contribution in [0.3, 0.4) is 0 Å². The second kappa shape index (κ2) is 5.90. The summed E-state index contributed by atoms with van der Waals surface area (Å²) in [5.74, 6) is 0.635. The van der Waals surface area contributed by atoms with Gasteiger partial charge in [0, 0.05) is 18.2 Å². The van der Waals surface area contributed by atoms with E-state index in [1.54, 1.807) is 0 Å². The van der Waals surface area contributed by atoms with Gasteiger partial charge in [0.25, 0.3) is 11.6 Å². The van der Waals surface area contributed by atoms with E-state index >= 15 is 0 Å². The van der Waals surface area contributed by atoms with Crippen molar-refractivity contribution in [1.82, 2.24) is 5.32 Å². The molecule has 0 heterocycles. The van der Waals surface area contributed by atoms with Crippen molar-refractivity contribution in [3.8, 4) is 5.75 Å². The molecular formula is C14H18N2O4. The maximum absolute atomic E-state index is 12.2. The smallest absolute Gasteiger partial charge is 0.270 e. The Hall–Kier alpha value is -2.11. The summed E-state index contributed by atoms with van der Waals surface area (Å²) in [5, 5.41) is 13.7. The van der Waals surface area contributed by atoms with E-state index in [4.69, 9.17) is 4.74 Å². The number of rotatable bonds is 4. The maximum atomic E-state index is 12.2. The van der Waals surface area contributed by atoms with Gasteiger partial charge in [-0.2, -0.15) is 0 Å². The number of ether oxygens (including phenoxy) is 1. The summed E-state index contributed by atoms with van der Waals surface area (Å²) in [4.78, 5) is 22.5. The van der Waals surface area contributed by atoms with Crippen LogP contribution in [0.25, 0.3) is 0 Å². The first kappa shape index (κ1) is 14.3. The number of methoxy groups -OCH3 is 1. The summed E-state index contributed by atoms with van der Waals surface area (Å²) < 4.78 is 5.10. The third-order valence-corrected chi connectivity index (χ3v) is 3.67. The van der Waals surface area contributed by atoms with Crippen LogP contribution in [0.2, 0.25) is 0 Å². The van der Waals surface area contributed by atoms with Gasteiger partial charge in [0.2, 0.25) is 0 Å². The van der Waals surface area contributed by atoms with Gasteiger partial charge < -0.3 is 10.1 Å². The highest BCUT2D eigenvalue weighted by Crippen LogP contribution is 2.27. The number of nitrogens with one attached hydrogen (secondary N) is 1. The first-order chi connectivity index (χ1) is 9.51. The number of non-ortho nitro benzene ring substituents is 1. The van der Waals surface area contributed by atoms with E-state index in [1.807, 2.05) is 0 Å². The molecular weight excluding hydrogens is 260 g/mol. The maximum Gasteiger partial charge on any atom is 0.270 e. The molecule has 20 heavy (non-hydrogen) atoms. The molecule has 6 heteroatoms. The first-order valence-electron chi connectivity index (χ1n) is 6.64. The highest BCUT2D eigenvalue weighted by molar-refractivity contribution is 5.97. The molecule has 0 bridgehead atoms. The second-order valence-electron chi connectivity index (χ2n) is 5.23. The van der Waals surface area contributed by atoms with Crippen molar-refractivity contribution in [2.75, 3.05) is 7.11 Å². The van der Waals surface area contributed by atoms with Crippen LogP contribution in [0, 0.1) is 16.0 Å². The van der Waals surface area contributed by atoms with Gasteiger partial charge in [-0.25, -0.2) is 0 Å². The summed E-state index contributed by atoms with van der Waals surface area (Å²) in [6, 6.07) is 4.17. The minimum absolute atomic E-state index is 0.115. The molecule has 0 aromatic heterocycles. The molecule has 6 nitrogen and oxygen atoms in total. The van der Waals surface area contributed by atoms with E-state index in [0.29, 0.717) is 11.7 Å². The first-order valence-corrected chi connectivity index (χ1v) is 6.64. The number of hydrogen-bond donors (Lipinski definition) is 1. The molecule has 1 amide bonds. The predicted octanol–water partition coefficient (Wildman–Crippen LogP) is 2.52. The van der Waals surface area contributed by atoms with Crippen LogP contribution in [0.5, 0.6) is 5.75 Å². The van der Waals surface area contributed by atoms with Crippen molar-refractivity contribution in [2.24, 2.45) is 5.92 Å². The van der Waals surface area contributed by atoms with Crippen molar-refractivity contribution < 1.29 is 14.5 Å². The van der Waals surface area contributed by atoms with Crippen molar-refractivity contribution >= 4 is 11.6 Å². The van der Waals surface area contributed by atoms with E-state index < -0.39 is 4.92 Å². The van der Waals surface area contributed by atoms with Gasteiger partial charge in [0.05, 0.1) is 17.6 Å². The van der Waals surface area contributed by atoms with Gasteiger partial charge in [-0.15, -0.1) is 0 Å². The Morgan fingerprint density at radius 3 is 2.75 bits per heavy atom. The molecule has 1 saturated carbocycles. The zero-order valence-corrected chi connectivity index (χ0v) is 11.6. The van der Waals surface area contributed by atoms with E-state index in [0.717, 1.165) is 19.3 Å². The molecule has 2 atom stereocenters. The zero-order valence-electron chi connectivity index (χ0n) is 11.6. The number of nitro benzene ring substituents is 1. The zero-order chi connectivity index (χ0) is 14.7. The minimum Gasteiger partial charge on any atom is -0.496 e. The highest BCUT2D eigenvalue weighted by atomic mass is 16.6. The van der Waals surface area contributed by atoms with Gasteiger partial charge in [0.1, 0.15) is 5.75 Å². The molecule has 1 aromatic rings. The molecule has 1 fully saturated rings. The molecule has 1 aliphatic carbocycles. The molecule has 0 radical (unpaired) electrons. The van der Waals surface area contributed by atoms with Gasteiger partial charge in [-0.1, -0.05) is 6.92 Å². The van der Waals surface area contributed by atoms with E-state index in [9.17, 15) is 14.9 Å². The Morgan fingerprint density at radius 1 is 1.45 bits per heavy atom. The molecule has 2 rings (SSSR count). The van der Waals surface area contributed by atoms with Crippen LogP contribution in [0.1, 0.15) is 36.5 Å². The van der Waals surface area contributed by atoms with Crippen LogP contribution in [0.4, 0.5) is 5.69 Å². The van der Waals surface area contributed by atoms with E-state index in [1.165, 1.54) is 25.3 Å². The lowest BCUT2D eigenvalue weighted by Gasteiger charge is -2.14. The summed E-state index contributed by atoms with van der Waals surface area (Å²) in [6.07, 6.45) is 2.99. The van der Waals surface area contributed by atoms with Gasteiger partial charge in [-0.05, 0) is 31.2 Å². The second-order valence-corrected chi connectivity index (χ2v) is 5.23. The van der Waals surface area contributed by atoms with Crippen LogP contribution < -0.4 is 10.1 Å². The van der Waals surface area contributed by atoms with Crippen LogP contribution in [-0.4, -0.2) is 24.0 Å². The van der Waals surface area contributed by atoms with Crippen molar-refractivity contribution in [3.63, 3.8) is 0 Å². The minimum atomic E-state index is -0.520. The van der Waals surface area contributed by atoms with Crippen LogP contribution >= 0.6 is 0 Å². The third kappa shape index (κ3) is 3.07.